The zero-order valence-electron chi connectivity index (χ0n) is 11.9. The normalized spacial score (nSPS) is 10.3. The van der Waals surface area contributed by atoms with Gasteiger partial charge in [-0.2, -0.15) is 4.98 Å². The molecule has 2 aromatic rings. The number of benzene rings is 1. The molecule has 0 aliphatic rings. The molecule has 1 amide bonds. The second-order valence-corrected chi connectivity index (χ2v) is 4.47. The monoisotopic (exact) mass is 274 g/mol. The molecule has 6 heteroatoms. The molecule has 0 unspecified atom stereocenters. The highest BCUT2D eigenvalue weighted by Crippen LogP contribution is 2.23. The van der Waals surface area contributed by atoms with Gasteiger partial charge in [-0.05, 0) is 31.5 Å². The average molecular weight is 274 g/mol. The van der Waals surface area contributed by atoms with Gasteiger partial charge in [0.15, 0.2) is 5.82 Å². The Morgan fingerprint density at radius 1 is 1.30 bits per heavy atom. The van der Waals surface area contributed by atoms with Gasteiger partial charge < -0.3 is 15.2 Å². The molecule has 0 radical (unpaired) electrons. The molecule has 1 aromatic carbocycles. The quantitative estimate of drug-likeness (QED) is 0.876. The molecule has 0 bridgehead atoms. The summed E-state index contributed by atoms with van der Waals surface area (Å²) in [6.07, 6.45) is 0.457. The van der Waals surface area contributed by atoms with E-state index in [0.717, 1.165) is 16.9 Å². The van der Waals surface area contributed by atoms with Crippen LogP contribution in [0.2, 0.25) is 0 Å². The Kier molecular flexibility index (Phi) is 4.34. The van der Waals surface area contributed by atoms with E-state index in [2.05, 4.69) is 20.8 Å². The Bertz CT molecular complexity index is 607. The summed E-state index contributed by atoms with van der Waals surface area (Å²) in [4.78, 5) is 15.6. The van der Waals surface area contributed by atoms with Crippen LogP contribution < -0.4 is 10.6 Å². The summed E-state index contributed by atoms with van der Waals surface area (Å²) in [5, 5.41) is 9.84. The molecule has 2 rings (SSSR count). The first-order chi connectivity index (χ1) is 9.60. The molecule has 106 valence electrons. The largest absolute Gasteiger partial charge is 0.376 e. The molecule has 0 aliphatic carbocycles. The Morgan fingerprint density at radius 3 is 2.70 bits per heavy atom. The van der Waals surface area contributed by atoms with Crippen molar-refractivity contribution in [3.8, 4) is 0 Å². The number of aromatic nitrogens is 2. The number of carbonyl (C=O) groups excluding carboxylic acids is 1. The summed E-state index contributed by atoms with van der Waals surface area (Å²) < 4.78 is 5.04. The van der Waals surface area contributed by atoms with E-state index in [4.69, 9.17) is 4.52 Å². The molecule has 1 aromatic heterocycles. The summed E-state index contributed by atoms with van der Waals surface area (Å²) in [7, 11) is 0. The lowest BCUT2D eigenvalue weighted by atomic mass is 10.1. The molecule has 20 heavy (non-hydrogen) atoms. The van der Waals surface area contributed by atoms with Crippen LogP contribution in [-0.2, 0) is 11.3 Å². The van der Waals surface area contributed by atoms with Crippen molar-refractivity contribution in [2.24, 2.45) is 0 Å². The van der Waals surface area contributed by atoms with Gasteiger partial charge in [-0.3, -0.25) is 4.79 Å². The summed E-state index contributed by atoms with van der Waals surface area (Å²) in [6.45, 7) is 6.00. The predicted molar refractivity (Wildman–Crippen MR) is 76.5 cm³/mol. The molecule has 1 heterocycles. The lowest BCUT2D eigenvalue weighted by Gasteiger charge is -2.12. The fourth-order valence-electron chi connectivity index (χ4n) is 1.78. The van der Waals surface area contributed by atoms with Crippen molar-refractivity contribution in [3.63, 3.8) is 0 Å². The van der Waals surface area contributed by atoms with Crippen molar-refractivity contribution >= 4 is 17.3 Å². The molecule has 2 N–H and O–H groups in total. The van der Waals surface area contributed by atoms with Gasteiger partial charge in [0.25, 0.3) is 0 Å². The standard InChI is InChI=1S/C14H18N4O2/c1-4-13(19)17-12-7-5-6-11(9(12)2)15-8-14-16-10(3)18-20-14/h5-7,15H,4,8H2,1-3H3,(H,17,19). The van der Waals surface area contributed by atoms with Crippen molar-refractivity contribution in [1.82, 2.24) is 10.1 Å². The highest BCUT2D eigenvalue weighted by Gasteiger charge is 2.08. The first kappa shape index (κ1) is 14.0. The second kappa shape index (κ2) is 6.18. The lowest BCUT2D eigenvalue weighted by Crippen LogP contribution is -2.11. The highest BCUT2D eigenvalue weighted by atomic mass is 16.5. The van der Waals surface area contributed by atoms with Gasteiger partial charge in [-0.1, -0.05) is 18.1 Å². The van der Waals surface area contributed by atoms with Gasteiger partial charge in [0.1, 0.15) is 0 Å². The van der Waals surface area contributed by atoms with Crippen LogP contribution >= 0.6 is 0 Å². The SMILES string of the molecule is CCC(=O)Nc1cccc(NCc2nc(C)no2)c1C. The van der Waals surface area contributed by atoms with E-state index in [1.54, 1.807) is 6.92 Å². The number of hydrogen-bond acceptors (Lipinski definition) is 5. The van der Waals surface area contributed by atoms with Crippen LogP contribution in [0.15, 0.2) is 22.7 Å². The van der Waals surface area contributed by atoms with Crippen molar-refractivity contribution in [1.29, 1.82) is 0 Å². The number of rotatable bonds is 5. The zero-order valence-corrected chi connectivity index (χ0v) is 11.9. The number of carbonyl (C=O) groups is 1. The number of aryl methyl sites for hydroxylation is 1. The van der Waals surface area contributed by atoms with Crippen LogP contribution in [0.5, 0.6) is 0 Å². The van der Waals surface area contributed by atoms with E-state index in [1.807, 2.05) is 32.0 Å². The Labute approximate surface area is 117 Å². The van der Waals surface area contributed by atoms with E-state index < -0.39 is 0 Å². The zero-order chi connectivity index (χ0) is 14.5. The Balaban J connectivity index is 2.08. The van der Waals surface area contributed by atoms with E-state index in [0.29, 0.717) is 24.7 Å². The minimum absolute atomic E-state index is 0.00206. The van der Waals surface area contributed by atoms with E-state index in [-0.39, 0.29) is 5.91 Å². The number of nitrogens with one attached hydrogen (secondary N) is 2. The molecule has 0 saturated heterocycles. The number of anilines is 2. The third-order valence-electron chi connectivity index (χ3n) is 2.93. The average Bonchev–Trinajstić information content (AvgIpc) is 2.85. The van der Waals surface area contributed by atoms with Gasteiger partial charge in [-0.15, -0.1) is 0 Å². The van der Waals surface area contributed by atoms with Crippen LogP contribution in [0.3, 0.4) is 0 Å². The van der Waals surface area contributed by atoms with Crippen molar-refractivity contribution < 1.29 is 9.32 Å². The van der Waals surface area contributed by atoms with E-state index >= 15 is 0 Å². The lowest BCUT2D eigenvalue weighted by molar-refractivity contribution is -0.115. The Hall–Kier alpha value is -2.37. The van der Waals surface area contributed by atoms with Crippen molar-refractivity contribution in [2.75, 3.05) is 10.6 Å². The van der Waals surface area contributed by atoms with Gasteiger partial charge in [0.2, 0.25) is 11.8 Å². The molecule has 0 spiro atoms. The number of nitrogens with zero attached hydrogens (tertiary/aromatic N) is 2. The molecular weight excluding hydrogens is 256 g/mol. The third kappa shape index (κ3) is 3.34. The van der Waals surface area contributed by atoms with E-state index in [9.17, 15) is 4.79 Å². The van der Waals surface area contributed by atoms with Gasteiger partial charge >= 0.3 is 0 Å². The van der Waals surface area contributed by atoms with Gasteiger partial charge in [0, 0.05) is 17.8 Å². The fraction of sp³-hybridized carbons (Fsp3) is 0.357. The van der Waals surface area contributed by atoms with Crippen molar-refractivity contribution in [3.05, 3.63) is 35.5 Å². The summed E-state index contributed by atoms with van der Waals surface area (Å²) >= 11 is 0. The fourth-order valence-corrected chi connectivity index (χ4v) is 1.78. The first-order valence-corrected chi connectivity index (χ1v) is 6.52. The number of amides is 1. The smallest absolute Gasteiger partial charge is 0.245 e. The summed E-state index contributed by atoms with van der Waals surface area (Å²) in [5.41, 5.74) is 2.71. The van der Waals surface area contributed by atoms with Crippen LogP contribution in [0.1, 0.15) is 30.6 Å². The van der Waals surface area contributed by atoms with Gasteiger partial charge in [0.05, 0.1) is 6.54 Å². The third-order valence-corrected chi connectivity index (χ3v) is 2.93. The van der Waals surface area contributed by atoms with Crippen LogP contribution in [0, 0.1) is 13.8 Å². The molecular formula is C14H18N4O2. The summed E-state index contributed by atoms with van der Waals surface area (Å²) in [5.74, 6) is 1.14. The minimum atomic E-state index is -0.00206. The maximum Gasteiger partial charge on any atom is 0.245 e. The molecule has 0 aliphatic heterocycles. The molecule has 0 fully saturated rings. The first-order valence-electron chi connectivity index (χ1n) is 6.52. The van der Waals surface area contributed by atoms with E-state index in [1.165, 1.54) is 0 Å². The molecule has 0 atom stereocenters. The highest BCUT2D eigenvalue weighted by molar-refractivity contribution is 5.92. The minimum Gasteiger partial charge on any atom is -0.376 e. The van der Waals surface area contributed by atoms with Crippen LogP contribution in [-0.4, -0.2) is 16.0 Å². The van der Waals surface area contributed by atoms with Gasteiger partial charge in [-0.25, -0.2) is 0 Å². The van der Waals surface area contributed by atoms with Crippen LogP contribution in [0.25, 0.3) is 0 Å². The van der Waals surface area contributed by atoms with Crippen LogP contribution in [0.4, 0.5) is 11.4 Å². The molecule has 6 nitrogen and oxygen atoms in total. The number of hydrogen-bond donors (Lipinski definition) is 2. The predicted octanol–water partition coefficient (Wildman–Crippen LogP) is 2.65. The topological polar surface area (TPSA) is 80.0 Å². The second-order valence-electron chi connectivity index (χ2n) is 4.47. The maximum absolute atomic E-state index is 11.5. The molecule has 0 saturated carbocycles. The Morgan fingerprint density at radius 2 is 2.05 bits per heavy atom. The maximum atomic E-state index is 11.5. The summed E-state index contributed by atoms with van der Waals surface area (Å²) in [6, 6.07) is 5.71. The van der Waals surface area contributed by atoms with Crippen molar-refractivity contribution in [2.45, 2.75) is 33.7 Å².